The van der Waals surface area contributed by atoms with Crippen LogP contribution in [0.5, 0.6) is 0 Å². The Morgan fingerprint density at radius 1 is 1.23 bits per heavy atom. The van der Waals surface area contributed by atoms with Crippen LogP contribution in [-0.2, 0) is 11.2 Å². The van der Waals surface area contributed by atoms with Crippen molar-refractivity contribution in [2.75, 3.05) is 46.4 Å². The van der Waals surface area contributed by atoms with Crippen LogP contribution in [0.25, 0.3) is 0 Å². The number of amides is 1. The van der Waals surface area contributed by atoms with Crippen molar-refractivity contribution in [3.8, 4) is 0 Å². The summed E-state index contributed by atoms with van der Waals surface area (Å²) in [5.74, 6) is 0.349. The molecule has 1 aromatic heterocycles. The van der Waals surface area contributed by atoms with Gasteiger partial charge in [-0.25, -0.2) is 0 Å². The van der Waals surface area contributed by atoms with E-state index < -0.39 is 0 Å². The minimum atomic E-state index is -0.0666. The molecule has 0 unspecified atom stereocenters. The standard InChI is InChI=1S/C19H30N4O3/c1-22-9-5-15(6-10-22)20-19(13-25-14-19)12-16-11-17(26-21-16)18(24)23-7-3-2-4-8-23/h11,15,20H,2-10,12-14H2,1H3. The van der Waals surface area contributed by atoms with Crippen molar-refractivity contribution in [1.29, 1.82) is 0 Å². The second-order valence-electron chi connectivity index (χ2n) is 8.21. The van der Waals surface area contributed by atoms with Crippen molar-refractivity contribution < 1.29 is 14.1 Å². The Bertz CT molecular complexity index is 614. The minimum absolute atomic E-state index is 0.0226. The highest BCUT2D eigenvalue weighted by Crippen LogP contribution is 2.25. The molecule has 3 fully saturated rings. The quantitative estimate of drug-likeness (QED) is 0.851. The molecule has 3 saturated heterocycles. The van der Waals surface area contributed by atoms with E-state index in [1.165, 1.54) is 6.42 Å². The van der Waals surface area contributed by atoms with Crippen LogP contribution in [0.1, 0.15) is 48.4 Å². The molecular weight excluding hydrogens is 332 g/mol. The number of likely N-dealkylation sites (tertiary alicyclic amines) is 2. The fraction of sp³-hybridized carbons (Fsp3) is 0.789. The van der Waals surface area contributed by atoms with Gasteiger partial charge in [0.15, 0.2) is 0 Å². The summed E-state index contributed by atoms with van der Waals surface area (Å²) in [5, 5.41) is 7.99. The molecule has 0 radical (unpaired) electrons. The van der Waals surface area contributed by atoms with Crippen LogP contribution in [-0.4, -0.2) is 78.9 Å². The van der Waals surface area contributed by atoms with Gasteiger partial charge in [0.05, 0.1) is 24.4 Å². The molecule has 0 aliphatic carbocycles. The van der Waals surface area contributed by atoms with Crippen LogP contribution < -0.4 is 5.32 Å². The topological polar surface area (TPSA) is 70.8 Å². The normalized spacial score (nSPS) is 24.4. The molecule has 0 aromatic carbocycles. The highest BCUT2D eigenvalue weighted by atomic mass is 16.5. The first-order valence-electron chi connectivity index (χ1n) is 9.92. The van der Waals surface area contributed by atoms with Crippen LogP contribution in [0.2, 0.25) is 0 Å². The third-order valence-corrected chi connectivity index (χ3v) is 5.92. The predicted octanol–water partition coefficient (Wildman–Crippen LogP) is 1.30. The lowest BCUT2D eigenvalue weighted by atomic mass is 9.88. The first kappa shape index (κ1) is 17.9. The van der Waals surface area contributed by atoms with Crippen LogP contribution >= 0.6 is 0 Å². The molecule has 1 amide bonds. The minimum Gasteiger partial charge on any atom is -0.377 e. The van der Waals surface area contributed by atoms with E-state index in [-0.39, 0.29) is 11.4 Å². The summed E-state index contributed by atoms with van der Waals surface area (Å²) in [7, 11) is 2.18. The Hall–Kier alpha value is -1.44. The monoisotopic (exact) mass is 362 g/mol. The molecule has 4 rings (SSSR count). The molecule has 7 heteroatoms. The van der Waals surface area contributed by atoms with Crippen LogP contribution in [0, 0.1) is 0 Å². The molecule has 3 aliphatic heterocycles. The van der Waals surface area contributed by atoms with Crippen molar-refractivity contribution in [3.63, 3.8) is 0 Å². The number of carbonyl (C=O) groups is 1. The van der Waals surface area contributed by atoms with E-state index in [1.807, 2.05) is 11.0 Å². The Balaban J connectivity index is 1.36. The Morgan fingerprint density at radius 2 is 1.96 bits per heavy atom. The molecule has 0 atom stereocenters. The second kappa shape index (κ2) is 7.66. The first-order valence-corrected chi connectivity index (χ1v) is 9.92. The van der Waals surface area contributed by atoms with Gasteiger partial charge in [-0.05, 0) is 52.2 Å². The maximum Gasteiger partial charge on any atom is 0.292 e. The van der Waals surface area contributed by atoms with Crippen molar-refractivity contribution >= 4 is 5.91 Å². The van der Waals surface area contributed by atoms with E-state index in [2.05, 4.69) is 22.4 Å². The molecule has 7 nitrogen and oxygen atoms in total. The fourth-order valence-corrected chi connectivity index (χ4v) is 4.27. The summed E-state index contributed by atoms with van der Waals surface area (Å²) in [6.07, 6.45) is 6.43. The largest absolute Gasteiger partial charge is 0.377 e. The zero-order valence-corrected chi connectivity index (χ0v) is 15.7. The summed E-state index contributed by atoms with van der Waals surface area (Å²) in [5.41, 5.74) is 0.775. The molecule has 0 bridgehead atoms. The molecule has 1 aromatic rings. The number of ether oxygens (including phenoxy) is 1. The third-order valence-electron chi connectivity index (χ3n) is 5.92. The first-order chi connectivity index (χ1) is 12.6. The molecule has 26 heavy (non-hydrogen) atoms. The highest BCUT2D eigenvalue weighted by molar-refractivity contribution is 5.91. The molecular formula is C19H30N4O3. The average molecular weight is 362 g/mol. The van der Waals surface area contributed by atoms with Crippen LogP contribution in [0.15, 0.2) is 10.6 Å². The van der Waals surface area contributed by atoms with Gasteiger partial charge in [-0.15, -0.1) is 0 Å². The number of aromatic nitrogens is 1. The number of rotatable bonds is 5. The Labute approximate surface area is 155 Å². The number of hydrogen-bond acceptors (Lipinski definition) is 6. The van der Waals surface area contributed by atoms with Gasteiger partial charge in [-0.2, -0.15) is 0 Å². The number of carbonyl (C=O) groups excluding carboxylic acids is 1. The lowest BCUT2D eigenvalue weighted by molar-refractivity contribution is -0.0823. The SMILES string of the molecule is CN1CCC(NC2(Cc3cc(C(=O)N4CCCCC4)on3)COC2)CC1. The molecule has 4 heterocycles. The maximum absolute atomic E-state index is 12.6. The summed E-state index contributed by atoms with van der Waals surface area (Å²) < 4.78 is 10.9. The molecule has 0 saturated carbocycles. The van der Waals surface area contributed by atoms with Crippen molar-refractivity contribution in [2.45, 2.75) is 50.1 Å². The van der Waals surface area contributed by atoms with Crippen LogP contribution in [0.4, 0.5) is 0 Å². The van der Waals surface area contributed by atoms with E-state index in [1.54, 1.807) is 0 Å². The molecule has 1 N–H and O–H groups in total. The zero-order valence-electron chi connectivity index (χ0n) is 15.7. The van der Waals surface area contributed by atoms with E-state index in [0.717, 1.165) is 64.0 Å². The van der Waals surface area contributed by atoms with Gasteiger partial charge in [-0.3, -0.25) is 4.79 Å². The third kappa shape index (κ3) is 3.94. The van der Waals surface area contributed by atoms with Gasteiger partial charge in [0, 0.05) is 31.6 Å². The van der Waals surface area contributed by atoms with Gasteiger partial charge in [-0.1, -0.05) is 5.16 Å². The average Bonchev–Trinajstić information content (AvgIpc) is 3.10. The highest BCUT2D eigenvalue weighted by Gasteiger charge is 2.41. The van der Waals surface area contributed by atoms with Gasteiger partial charge >= 0.3 is 0 Å². The summed E-state index contributed by atoms with van der Waals surface area (Å²) in [4.78, 5) is 16.8. The zero-order chi connectivity index (χ0) is 18.0. The van der Waals surface area contributed by atoms with E-state index >= 15 is 0 Å². The van der Waals surface area contributed by atoms with Crippen molar-refractivity contribution in [3.05, 3.63) is 17.5 Å². The second-order valence-corrected chi connectivity index (χ2v) is 8.21. The number of piperidine rings is 2. The van der Waals surface area contributed by atoms with Crippen molar-refractivity contribution in [2.24, 2.45) is 0 Å². The maximum atomic E-state index is 12.6. The van der Waals surface area contributed by atoms with Gasteiger partial charge < -0.3 is 24.4 Å². The number of nitrogens with one attached hydrogen (secondary N) is 1. The number of nitrogens with zero attached hydrogens (tertiary/aromatic N) is 3. The lowest BCUT2D eigenvalue weighted by Crippen LogP contribution is -2.65. The summed E-state index contributed by atoms with van der Waals surface area (Å²) in [6.45, 7) is 5.30. The fourth-order valence-electron chi connectivity index (χ4n) is 4.27. The van der Waals surface area contributed by atoms with E-state index in [9.17, 15) is 4.79 Å². The van der Waals surface area contributed by atoms with Gasteiger partial charge in [0.1, 0.15) is 0 Å². The van der Waals surface area contributed by atoms with E-state index in [0.29, 0.717) is 25.0 Å². The predicted molar refractivity (Wildman–Crippen MR) is 97.2 cm³/mol. The van der Waals surface area contributed by atoms with E-state index in [4.69, 9.17) is 9.26 Å². The van der Waals surface area contributed by atoms with Crippen molar-refractivity contribution in [1.82, 2.24) is 20.3 Å². The molecule has 144 valence electrons. The molecule has 3 aliphatic rings. The van der Waals surface area contributed by atoms with Gasteiger partial charge in [0.25, 0.3) is 5.91 Å². The Kier molecular flexibility index (Phi) is 5.29. The lowest BCUT2D eigenvalue weighted by Gasteiger charge is -2.45. The Morgan fingerprint density at radius 3 is 2.62 bits per heavy atom. The van der Waals surface area contributed by atoms with Crippen LogP contribution in [0.3, 0.4) is 0 Å². The summed E-state index contributed by atoms with van der Waals surface area (Å²) >= 11 is 0. The summed E-state index contributed by atoms with van der Waals surface area (Å²) in [6, 6.07) is 2.35. The smallest absolute Gasteiger partial charge is 0.292 e. The number of hydrogen-bond donors (Lipinski definition) is 1. The molecule has 0 spiro atoms. The van der Waals surface area contributed by atoms with Gasteiger partial charge in [0.2, 0.25) is 5.76 Å².